The molecule has 5 nitrogen and oxygen atoms in total. The van der Waals surface area contributed by atoms with Crippen molar-refractivity contribution in [2.24, 2.45) is 0 Å². The summed E-state index contributed by atoms with van der Waals surface area (Å²) in [5, 5.41) is 2.91. The van der Waals surface area contributed by atoms with E-state index in [1.807, 2.05) is 44.2 Å². The molecule has 2 aromatic carbocycles. The summed E-state index contributed by atoms with van der Waals surface area (Å²) in [7, 11) is -3.82. The van der Waals surface area contributed by atoms with Crippen LogP contribution in [0.1, 0.15) is 32.3 Å². The molecule has 0 spiro atoms. The van der Waals surface area contributed by atoms with Gasteiger partial charge in [0.2, 0.25) is 15.9 Å². The lowest BCUT2D eigenvalue weighted by atomic mass is 10.1. The minimum atomic E-state index is -3.82. The summed E-state index contributed by atoms with van der Waals surface area (Å²) in [5.41, 5.74) is 0.888. The van der Waals surface area contributed by atoms with Crippen LogP contribution in [0.15, 0.2) is 64.0 Å². The van der Waals surface area contributed by atoms with Gasteiger partial charge in [0.05, 0.1) is 4.90 Å². The molecule has 0 aliphatic heterocycles. The van der Waals surface area contributed by atoms with Crippen molar-refractivity contribution < 1.29 is 13.2 Å². The number of sulfonamides is 1. The maximum atomic E-state index is 12.8. The number of carbonyl (C=O) groups is 1. The quantitative estimate of drug-likeness (QED) is 0.609. The van der Waals surface area contributed by atoms with E-state index in [2.05, 4.69) is 26.0 Å². The van der Waals surface area contributed by atoms with Crippen molar-refractivity contribution in [3.05, 3.63) is 64.6 Å². The summed E-state index contributed by atoms with van der Waals surface area (Å²) in [4.78, 5) is 12.9. The Morgan fingerprint density at radius 3 is 2.30 bits per heavy atom. The normalized spacial score (nSPS) is 13.7. The molecule has 0 aromatic heterocycles. The van der Waals surface area contributed by atoms with Crippen LogP contribution in [0.3, 0.4) is 0 Å². The number of carbonyl (C=O) groups excluding carboxylic acids is 1. The molecule has 2 rings (SSSR count). The average molecular weight is 453 g/mol. The second kappa shape index (κ2) is 10.0. The Balaban J connectivity index is 2.22. The van der Waals surface area contributed by atoms with E-state index in [1.54, 1.807) is 12.1 Å². The Morgan fingerprint density at radius 1 is 1.07 bits per heavy atom. The van der Waals surface area contributed by atoms with Gasteiger partial charge < -0.3 is 5.32 Å². The van der Waals surface area contributed by atoms with Gasteiger partial charge >= 0.3 is 0 Å². The highest BCUT2D eigenvalue weighted by Crippen LogP contribution is 2.16. The molecule has 2 aromatic rings. The van der Waals surface area contributed by atoms with Crippen molar-refractivity contribution >= 4 is 31.9 Å². The summed E-state index contributed by atoms with van der Waals surface area (Å²) in [6.45, 7) is 3.96. The van der Waals surface area contributed by atoms with E-state index in [-0.39, 0.29) is 23.3 Å². The molecule has 27 heavy (non-hydrogen) atoms. The predicted octanol–water partition coefficient (Wildman–Crippen LogP) is 3.64. The molecule has 0 heterocycles. The Bertz CT molecular complexity index is 839. The highest BCUT2D eigenvalue weighted by Gasteiger charge is 2.26. The third kappa shape index (κ3) is 6.75. The Labute approximate surface area is 169 Å². The molecule has 0 saturated heterocycles. The van der Waals surface area contributed by atoms with Crippen LogP contribution in [0.2, 0.25) is 0 Å². The van der Waals surface area contributed by atoms with Gasteiger partial charge in [-0.2, -0.15) is 4.72 Å². The first kappa shape index (κ1) is 21.6. The summed E-state index contributed by atoms with van der Waals surface area (Å²) in [6, 6.07) is 14.8. The molecular formula is C20H25BrN2O3S. The lowest BCUT2D eigenvalue weighted by Crippen LogP contribution is -2.50. The van der Waals surface area contributed by atoms with Crippen LogP contribution in [-0.4, -0.2) is 26.4 Å². The van der Waals surface area contributed by atoms with Crippen molar-refractivity contribution in [1.29, 1.82) is 0 Å². The Morgan fingerprint density at radius 2 is 1.70 bits per heavy atom. The van der Waals surface area contributed by atoms with Crippen LogP contribution >= 0.6 is 15.9 Å². The first-order valence-electron chi connectivity index (χ1n) is 8.94. The molecule has 0 unspecified atom stereocenters. The Kier molecular flexibility index (Phi) is 8.01. The van der Waals surface area contributed by atoms with Crippen LogP contribution in [0.4, 0.5) is 0 Å². The van der Waals surface area contributed by atoms with Crippen LogP contribution in [-0.2, 0) is 21.2 Å². The van der Waals surface area contributed by atoms with Crippen molar-refractivity contribution in [2.45, 2.75) is 50.1 Å². The molecule has 0 bridgehead atoms. The molecule has 0 aliphatic carbocycles. The summed E-state index contributed by atoms with van der Waals surface area (Å²) in [5.74, 6) is -0.319. The van der Waals surface area contributed by atoms with Gasteiger partial charge in [0, 0.05) is 10.5 Å². The smallest absolute Gasteiger partial charge is 0.241 e. The van der Waals surface area contributed by atoms with Gasteiger partial charge in [-0.15, -0.1) is 0 Å². The highest BCUT2D eigenvalue weighted by molar-refractivity contribution is 9.10. The minimum absolute atomic E-state index is 0.0158. The van der Waals surface area contributed by atoms with Gasteiger partial charge in [0.15, 0.2) is 0 Å². The Hall–Kier alpha value is -1.70. The SMILES string of the molecule is CCC[C@H](C)NC(=O)[C@H](Cc1ccccc1)NS(=O)(=O)c1ccc(Br)cc1. The number of hydrogen-bond donors (Lipinski definition) is 2. The van der Waals surface area contributed by atoms with E-state index in [1.165, 1.54) is 12.1 Å². The number of amides is 1. The molecule has 0 fully saturated rings. The zero-order valence-electron chi connectivity index (χ0n) is 15.5. The zero-order valence-corrected chi connectivity index (χ0v) is 17.9. The topological polar surface area (TPSA) is 75.3 Å². The fourth-order valence-electron chi connectivity index (χ4n) is 2.76. The molecule has 0 radical (unpaired) electrons. The third-order valence-corrected chi connectivity index (χ3v) is 6.15. The second-order valence-corrected chi connectivity index (χ2v) is 9.15. The van der Waals surface area contributed by atoms with Gasteiger partial charge in [-0.25, -0.2) is 8.42 Å². The van der Waals surface area contributed by atoms with E-state index in [4.69, 9.17) is 0 Å². The average Bonchev–Trinajstić information content (AvgIpc) is 2.62. The lowest BCUT2D eigenvalue weighted by molar-refractivity contribution is -0.123. The highest BCUT2D eigenvalue weighted by atomic mass is 79.9. The van der Waals surface area contributed by atoms with E-state index < -0.39 is 16.1 Å². The summed E-state index contributed by atoms with van der Waals surface area (Å²) >= 11 is 3.29. The van der Waals surface area contributed by atoms with Crippen LogP contribution in [0.25, 0.3) is 0 Å². The largest absolute Gasteiger partial charge is 0.352 e. The first-order chi connectivity index (χ1) is 12.8. The van der Waals surface area contributed by atoms with Gasteiger partial charge in [0.1, 0.15) is 6.04 Å². The molecular weight excluding hydrogens is 428 g/mol. The first-order valence-corrected chi connectivity index (χ1v) is 11.2. The number of nitrogens with one attached hydrogen (secondary N) is 2. The standard InChI is InChI=1S/C20H25BrN2O3S/c1-3-7-15(2)22-20(24)19(14-16-8-5-4-6-9-16)23-27(25,26)18-12-10-17(21)11-13-18/h4-6,8-13,15,19,23H,3,7,14H2,1-2H3,(H,22,24)/t15-,19-/m0/s1. The minimum Gasteiger partial charge on any atom is -0.352 e. The molecule has 1 amide bonds. The number of halogens is 1. The lowest BCUT2D eigenvalue weighted by Gasteiger charge is -2.21. The maximum Gasteiger partial charge on any atom is 0.241 e. The fourth-order valence-corrected chi connectivity index (χ4v) is 4.22. The monoisotopic (exact) mass is 452 g/mol. The molecule has 0 saturated carbocycles. The van der Waals surface area contributed by atoms with Crippen LogP contribution < -0.4 is 10.0 Å². The molecule has 146 valence electrons. The number of benzene rings is 2. The number of rotatable bonds is 9. The van der Waals surface area contributed by atoms with Crippen molar-refractivity contribution in [3.8, 4) is 0 Å². The predicted molar refractivity (Wildman–Crippen MR) is 111 cm³/mol. The molecule has 0 aliphatic rings. The van der Waals surface area contributed by atoms with E-state index in [0.29, 0.717) is 0 Å². The van der Waals surface area contributed by atoms with Gasteiger partial charge in [0.25, 0.3) is 0 Å². The van der Waals surface area contributed by atoms with Crippen molar-refractivity contribution in [3.63, 3.8) is 0 Å². The number of hydrogen-bond acceptors (Lipinski definition) is 3. The molecule has 2 N–H and O–H groups in total. The van der Waals surface area contributed by atoms with Crippen LogP contribution in [0.5, 0.6) is 0 Å². The van der Waals surface area contributed by atoms with E-state index in [9.17, 15) is 13.2 Å². The van der Waals surface area contributed by atoms with Gasteiger partial charge in [-0.05, 0) is 49.6 Å². The maximum absolute atomic E-state index is 12.8. The van der Waals surface area contributed by atoms with E-state index >= 15 is 0 Å². The van der Waals surface area contributed by atoms with Gasteiger partial charge in [-0.1, -0.05) is 59.6 Å². The summed E-state index contributed by atoms with van der Waals surface area (Å²) < 4.78 is 28.9. The fraction of sp³-hybridized carbons (Fsp3) is 0.350. The zero-order chi connectivity index (χ0) is 19.9. The van der Waals surface area contributed by atoms with E-state index in [0.717, 1.165) is 22.9 Å². The molecule has 2 atom stereocenters. The third-order valence-electron chi connectivity index (χ3n) is 4.13. The second-order valence-electron chi connectivity index (χ2n) is 6.52. The van der Waals surface area contributed by atoms with Crippen LogP contribution in [0, 0.1) is 0 Å². The molecule has 7 heteroatoms. The summed E-state index contributed by atoms with van der Waals surface area (Å²) in [6.07, 6.45) is 2.06. The van der Waals surface area contributed by atoms with Crippen molar-refractivity contribution in [2.75, 3.05) is 0 Å². The van der Waals surface area contributed by atoms with Gasteiger partial charge in [-0.3, -0.25) is 4.79 Å². The van der Waals surface area contributed by atoms with Crippen molar-refractivity contribution in [1.82, 2.24) is 10.0 Å².